The van der Waals surface area contributed by atoms with Crippen molar-refractivity contribution in [3.8, 4) is 0 Å². The molecule has 0 fully saturated rings. The Morgan fingerprint density at radius 1 is 1.22 bits per heavy atom. The van der Waals surface area contributed by atoms with Crippen molar-refractivity contribution in [2.24, 2.45) is 0 Å². The smallest absolute Gasteiger partial charge is 0.337 e. The topological polar surface area (TPSA) is 49.3 Å². The average molecular weight is 357 g/mol. The molecule has 3 nitrogen and oxygen atoms in total. The summed E-state index contributed by atoms with van der Waals surface area (Å²) in [5, 5.41) is 11.8. The number of anilines is 2. The first-order valence-corrected chi connectivity index (χ1v) is 6.20. The fraction of sp³-hybridized carbons (Fsp3) is 0. The van der Waals surface area contributed by atoms with Gasteiger partial charge in [-0.2, -0.15) is 0 Å². The van der Waals surface area contributed by atoms with Crippen LogP contribution in [-0.4, -0.2) is 11.1 Å². The van der Waals surface area contributed by atoms with Crippen molar-refractivity contribution < 1.29 is 14.3 Å². The molecule has 2 rings (SSSR count). The van der Waals surface area contributed by atoms with Gasteiger partial charge in [0, 0.05) is 9.26 Å². The van der Waals surface area contributed by atoms with Gasteiger partial charge in [0.1, 0.15) is 5.82 Å². The summed E-state index contributed by atoms with van der Waals surface area (Å²) in [7, 11) is 0. The predicted molar refractivity (Wildman–Crippen MR) is 75.8 cm³/mol. The molecule has 0 unspecified atom stereocenters. The maximum atomic E-state index is 13.7. The summed E-state index contributed by atoms with van der Waals surface area (Å²) in [5.41, 5.74) is 0.537. The van der Waals surface area contributed by atoms with Crippen LogP contribution in [0.2, 0.25) is 0 Å². The minimum Gasteiger partial charge on any atom is -0.478 e. The van der Waals surface area contributed by atoms with Crippen LogP contribution in [-0.2, 0) is 0 Å². The normalized spacial score (nSPS) is 10.1. The Morgan fingerprint density at radius 2 is 1.94 bits per heavy atom. The Labute approximate surface area is 117 Å². The average Bonchev–Trinajstić information content (AvgIpc) is 2.31. The van der Waals surface area contributed by atoms with Crippen LogP contribution in [0.3, 0.4) is 0 Å². The summed E-state index contributed by atoms with van der Waals surface area (Å²) in [6, 6.07) is 11.2. The SMILES string of the molecule is O=C(O)c1cccc(F)c1Nc1cccc(I)c1. The zero-order chi connectivity index (χ0) is 13.1. The van der Waals surface area contributed by atoms with E-state index in [9.17, 15) is 9.18 Å². The zero-order valence-electron chi connectivity index (χ0n) is 9.15. The monoisotopic (exact) mass is 357 g/mol. The fourth-order valence-corrected chi connectivity index (χ4v) is 2.08. The van der Waals surface area contributed by atoms with E-state index < -0.39 is 11.8 Å². The number of carboxylic acids is 1. The molecule has 0 aromatic heterocycles. The van der Waals surface area contributed by atoms with E-state index in [-0.39, 0.29) is 11.3 Å². The van der Waals surface area contributed by atoms with Crippen LogP contribution in [0.15, 0.2) is 42.5 Å². The van der Waals surface area contributed by atoms with Gasteiger partial charge in [-0.3, -0.25) is 0 Å². The maximum absolute atomic E-state index is 13.7. The molecule has 0 atom stereocenters. The lowest BCUT2D eigenvalue weighted by Crippen LogP contribution is -2.04. The van der Waals surface area contributed by atoms with E-state index in [1.54, 1.807) is 12.1 Å². The first-order valence-electron chi connectivity index (χ1n) is 5.12. The Kier molecular flexibility index (Phi) is 3.81. The van der Waals surface area contributed by atoms with E-state index in [4.69, 9.17) is 5.11 Å². The Morgan fingerprint density at radius 3 is 2.61 bits per heavy atom. The number of carboxylic acid groups (broad SMARTS) is 1. The van der Waals surface area contributed by atoms with Gasteiger partial charge in [0.2, 0.25) is 0 Å². The molecule has 0 saturated heterocycles. The van der Waals surface area contributed by atoms with Gasteiger partial charge in [-0.25, -0.2) is 9.18 Å². The van der Waals surface area contributed by atoms with Crippen molar-refractivity contribution in [3.63, 3.8) is 0 Å². The van der Waals surface area contributed by atoms with Gasteiger partial charge in [-0.15, -0.1) is 0 Å². The van der Waals surface area contributed by atoms with E-state index in [0.29, 0.717) is 5.69 Å². The Balaban J connectivity index is 2.42. The fourth-order valence-electron chi connectivity index (χ4n) is 1.54. The van der Waals surface area contributed by atoms with Gasteiger partial charge in [0.15, 0.2) is 0 Å². The van der Waals surface area contributed by atoms with Crippen LogP contribution in [0.1, 0.15) is 10.4 Å². The van der Waals surface area contributed by atoms with E-state index in [2.05, 4.69) is 27.9 Å². The lowest BCUT2D eigenvalue weighted by molar-refractivity contribution is 0.0697. The van der Waals surface area contributed by atoms with Gasteiger partial charge in [0.25, 0.3) is 0 Å². The summed E-state index contributed by atoms with van der Waals surface area (Å²) in [5.74, 6) is -1.75. The van der Waals surface area contributed by atoms with Crippen LogP contribution in [0, 0.1) is 9.39 Å². The number of benzene rings is 2. The zero-order valence-corrected chi connectivity index (χ0v) is 11.3. The van der Waals surface area contributed by atoms with Crippen molar-refractivity contribution in [3.05, 3.63) is 57.4 Å². The van der Waals surface area contributed by atoms with Crippen molar-refractivity contribution >= 4 is 39.9 Å². The molecule has 0 aliphatic rings. The van der Waals surface area contributed by atoms with Crippen LogP contribution in [0.5, 0.6) is 0 Å². The minimum atomic E-state index is -1.16. The molecule has 0 amide bonds. The van der Waals surface area contributed by atoms with Crippen LogP contribution in [0.4, 0.5) is 15.8 Å². The summed E-state index contributed by atoms with van der Waals surface area (Å²) in [6.45, 7) is 0. The largest absolute Gasteiger partial charge is 0.478 e. The van der Waals surface area contributed by atoms with Crippen molar-refractivity contribution in [1.82, 2.24) is 0 Å². The Hall–Kier alpha value is -1.63. The number of aromatic carboxylic acids is 1. The second kappa shape index (κ2) is 5.34. The molecule has 92 valence electrons. The summed E-state index contributed by atoms with van der Waals surface area (Å²) in [6.07, 6.45) is 0. The predicted octanol–water partition coefficient (Wildman–Crippen LogP) is 3.87. The third kappa shape index (κ3) is 2.79. The molecule has 0 radical (unpaired) electrons. The number of hydrogen-bond donors (Lipinski definition) is 2. The molecule has 2 aromatic carbocycles. The molecule has 0 aliphatic heterocycles. The second-order valence-electron chi connectivity index (χ2n) is 3.60. The van der Waals surface area contributed by atoms with E-state index in [0.717, 1.165) is 3.57 Å². The highest BCUT2D eigenvalue weighted by Crippen LogP contribution is 2.25. The highest BCUT2D eigenvalue weighted by molar-refractivity contribution is 14.1. The van der Waals surface area contributed by atoms with Crippen molar-refractivity contribution in [1.29, 1.82) is 0 Å². The van der Waals surface area contributed by atoms with Crippen LogP contribution < -0.4 is 5.32 Å². The quantitative estimate of drug-likeness (QED) is 0.820. The van der Waals surface area contributed by atoms with Gasteiger partial charge < -0.3 is 10.4 Å². The van der Waals surface area contributed by atoms with Crippen LogP contribution >= 0.6 is 22.6 Å². The molecule has 2 N–H and O–H groups in total. The first kappa shape index (κ1) is 12.8. The Bertz CT molecular complexity index is 601. The minimum absolute atomic E-state index is 0.0213. The van der Waals surface area contributed by atoms with Gasteiger partial charge >= 0.3 is 5.97 Å². The van der Waals surface area contributed by atoms with Crippen molar-refractivity contribution in [2.75, 3.05) is 5.32 Å². The van der Waals surface area contributed by atoms with Crippen molar-refractivity contribution in [2.45, 2.75) is 0 Å². The van der Waals surface area contributed by atoms with E-state index in [1.165, 1.54) is 18.2 Å². The summed E-state index contributed by atoms with van der Waals surface area (Å²) >= 11 is 2.13. The van der Waals surface area contributed by atoms with Gasteiger partial charge in [-0.1, -0.05) is 12.1 Å². The van der Waals surface area contributed by atoms with Crippen LogP contribution in [0.25, 0.3) is 0 Å². The molecule has 5 heteroatoms. The molecule has 0 spiro atoms. The molecule has 0 aliphatic carbocycles. The summed E-state index contributed by atoms with van der Waals surface area (Å²) < 4.78 is 14.6. The van der Waals surface area contributed by atoms with Gasteiger partial charge in [0.05, 0.1) is 11.3 Å². The standard InChI is InChI=1S/C13H9FINO2/c14-11-6-2-5-10(13(17)18)12(11)16-9-4-1-3-8(15)7-9/h1-7,16H,(H,17,18). The molecular weight excluding hydrogens is 348 g/mol. The molecule has 18 heavy (non-hydrogen) atoms. The molecule has 0 bridgehead atoms. The molecule has 0 heterocycles. The third-order valence-electron chi connectivity index (χ3n) is 2.34. The number of rotatable bonds is 3. The summed E-state index contributed by atoms with van der Waals surface area (Å²) in [4.78, 5) is 11.0. The number of carbonyl (C=O) groups is 1. The maximum Gasteiger partial charge on any atom is 0.337 e. The lowest BCUT2D eigenvalue weighted by Gasteiger charge is -2.10. The number of para-hydroxylation sites is 1. The van der Waals surface area contributed by atoms with Gasteiger partial charge in [-0.05, 0) is 52.9 Å². The molecule has 0 saturated carbocycles. The molecular formula is C13H9FINO2. The highest BCUT2D eigenvalue weighted by Gasteiger charge is 2.14. The second-order valence-corrected chi connectivity index (χ2v) is 4.85. The highest BCUT2D eigenvalue weighted by atomic mass is 127. The number of halogens is 2. The third-order valence-corrected chi connectivity index (χ3v) is 3.01. The number of hydrogen-bond acceptors (Lipinski definition) is 2. The molecule has 2 aromatic rings. The van der Waals surface area contributed by atoms with E-state index in [1.807, 2.05) is 12.1 Å². The first-order chi connectivity index (χ1) is 8.58. The number of nitrogens with one attached hydrogen (secondary N) is 1. The van der Waals surface area contributed by atoms with E-state index >= 15 is 0 Å². The lowest BCUT2D eigenvalue weighted by atomic mass is 10.1.